The summed E-state index contributed by atoms with van der Waals surface area (Å²) in [5.41, 5.74) is 2.60. The van der Waals surface area contributed by atoms with Gasteiger partial charge in [0, 0.05) is 17.6 Å². The number of oxazole rings is 1. The Balaban J connectivity index is 1.66. The first kappa shape index (κ1) is 15.5. The van der Waals surface area contributed by atoms with Gasteiger partial charge in [0.2, 0.25) is 5.91 Å². The standard InChI is InChI=1S/C17H15ClN2O3/c1-10-19-14-8-13(6-7-16(14)23-10)20-17(22)9-15(21)11-2-4-12(18)5-3-11/h2-8,15,21H,9H2,1H3,(H,20,22). The maximum atomic E-state index is 12.1. The summed E-state index contributed by atoms with van der Waals surface area (Å²) in [7, 11) is 0. The number of aliphatic hydroxyl groups excluding tert-OH is 1. The minimum Gasteiger partial charge on any atom is -0.441 e. The van der Waals surface area contributed by atoms with E-state index in [0.717, 1.165) is 0 Å². The molecule has 5 nitrogen and oxygen atoms in total. The number of aromatic nitrogens is 1. The van der Waals surface area contributed by atoms with E-state index in [4.69, 9.17) is 16.0 Å². The van der Waals surface area contributed by atoms with Crippen molar-refractivity contribution in [3.63, 3.8) is 0 Å². The number of benzene rings is 2. The molecule has 3 rings (SSSR count). The number of carbonyl (C=O) groups is 1. The predicted octanol–water partition coefficient (Wildman–Crippen LogP) is 3.85. The van der Waals surface area contributed by atoms with E-state index in [2.05, 4.69) is 10.3 Å². The van der Waals surface area contributed by atoms with Gasteiger partial charge in [0.25, 0.3) is 0 Å². The van der Waals surface area contributed by atoms with Gasteiger partial charge in [0.05, 0.1) is 12.5 Å². The molecule has 3 aromatic rings. The highest BCUT2D eigenvalue weighted by atomic mass is 35.5. The summed E-state index contributed by atoms with van der Waals surface area (Å²) in [4.78, 5) is 16.3. The van der Waals surface area contributed by atoms with Crippen LogP contribution in [0.5, 0.6) is 0 Å². The number of aryl methyl sites for hydroxylation is 1. The zero-order valence-electron chi connectivity index (χ0n) is 12.4. The number of anilines is 1. The van der Waals surface area contributed by atoms with Crippen molar-refractivity contribution < 1.29 is 14.3 Å². The molecule has 0 aliphatic carbocycles. The molecular weight excluding hydrogens is 316 g/mol. The normalized spacial score (nSPS) is 12.3. The third-order valence-corrected chi connectivity index (χ3v) is 3.66. The van der Waals surface area contributed by atoms with Crippen LogP contribution in [0.3, 0.4) is 0 Å². The van der Waals surface area contributed by atoms with E-state index in [9.17, 15) is 9.90 Å². The zero-order valence-corrected chi connectivity index (χ0v) is 13.2. The van der Waals surface area contributed by atoms with Crippen LogP contribution in [-0.4, -0.2) is 16.0 Å². The predicted molar refractivity (Wildman–Crippen MR) is 88.4 cm³/mol. The van der Waals surface area contributed by atoms with Gasteiger partial charge in [0.15, 0.2) is 11.5 Å². The van der Waals surface area contributed by atoms with E-state index in [-0.39, 0.29) is 12.3 Å². The number of carbonyl (C=O) groups excluding carboxylic acids is 1. The van der Waals surface area contributed by atoms with Gasteiger partial charge in [-0.15, -0.1) is 0 Å². The third-order valence-electron chi connectivity index (χ3n) is 3.41. The summed E-state index contributed by atoms with van der Waals surface area (Å²) in [6.07, 6.45) is -0.928. The van der Waals surface area contributed by atoms with Crippen LogP contribution < -0.4 is 5.32 Å². The van der Waals surface area contributed by atoms with Crippen molar-refractivity contribution in [1.82, 2.24) is 4.98 Å². The lowest BCUT2D eigenvalue weighted by molar-refractivity contribution is -0.118. The van der Waals surface area contributed by atoms with Crippen molar-refractivity contribution in [3.8, 4) is 0 Å². The molecule has 2 aromatic carbocycles. The smallest absolute Gasteiger partial charge is 0.227 e. The lowest BCUT2D eigenvalue weighted by Crippen LogP contribution is -2.15. The van der Waals surface area contributed by atoms with Crippen molar-refractivity contribution in [2.24, 2.45) is 0 Å². The van der Waals surface area contributed by atoms with E-state index < -0.39 is 6.10 Å². The Kier molecular flexibility index (Phi) is 4.32. The summed E-state index contributed by atoms with van der Waals surface area (Å²) in [6.45, 7) is 1.76. The Morgan fingerprint density at radius 2 is 2.04 bits per heavy atom. The first-order chi connectivity index (χ1) is 11.0. The van der Waals surface area contributed by atoms with Crippen LogP contribution in [0.25, 0.3) is 11.1 Å². The lowest BCUT2D eigenvalue weighted by atomic mass is 10.1. The van der Waals surface area contributed by atoms with Gasteiger partial charge in [-0.3, -0.25) is 4.79 Å². The molecule has 0 saturated heterocycles. The third kappa shape index (κ3) is 3.70. The number of fused-ring (bicyclic) bond motifs is 1. The molecule has 0 aliphatic heterocycles. The molecule has 118 valence electrons. The van der Waals surface area contributed by atoms with Gasteiger partial charge in [-0.1, -0.05) is 23.7 Å². The van der Waals surface area contributed by atoms with Gasteiger partial charge in [-0.05, 0) is 35.9 Å². The molecule has 0 saturated carbocycles. The summed E-state index contributed by atoms with van der Waals surface area (Å²) in [5, 5.41) is 13.4. The molecule has 23 heavy (non-hydrogen) atoms. The summed E-state index contributed by atoms with van der Waals surface area (Å²) in [6, 6.07) is 12.0. The van der Waals surface area contributed by atoms with Crippen LogP contribution in [0.15, 0.2) is 46.9 Å². The molecule has 0 radical (unpaired) electrons. The van der Waals surface area contributed by atoms with Gasteiger partial charge >= 0.3 is 0 Å². The zero-order chi connectivity index (χ0) is 16.4. The average molecular weight is 331 g/mol. The van der Waals surface area contributed by atoms with E-state index in [1.807, 2.05) is 0 Å². The van der Waals surface area contributed by atoms with E-state index >= 15 is 0 Å². The van der Waals surface area contributed by atoms with Crippen molar-refractivity contribution in [2.45, 2.75) is 19.4 Å². The number of halogens is 1. The second-order valence-electron chi connectivity index (χ2n) is 5.24. The highest BCUT2D eigenvalue weighted by Crippen LogP contribution is 2.22. The van der Waals surface area contributed by atoms with Crippen LogP contribution >= 0.6 is 11.6 Å². The van der Waals surface area contributed by atoms with E-state index in [1.54, 1.807) is 49.4 Å². The molecule has 2 N–H and O–H groups in total. The largest absolute Gasteiger partial charge is 0.441 e. The summed E-state index contributed by atoms with van der Waals surface area (Å²) >= 11 is 5.80. The summed E-state index contributed by atoms with van der Waals surface area (Å²) < 4.78 is 5.39. The van der Waals surface area contributed by atoms with Gasteiger partial charge in [0.1, 0.15) is 5.52 Å². The molecule has 1 heterocycles. The molecule has 0 fully saturated rings. The Labute approximate surface area is 137 Å². The Bertz CT molecular complexity index is 843. The number of nitrogens with one attached hydrogen (secondary N) is 1. The molecular formula is C17H15ClN2O3. The Morgan fingerprint density at radius 1 is 1.30 bits per heavy atom. The van der Waals surface area contributed by atoms with E-state index in [0.29, 0.717) is 33.3 Å². The van der Waals surface area contributed by atoms with Crippen LogP contribution in [0.2, 0.25) is 5.02 Å². The van der Waals surface area contributed by atoms with Crippen molar-refractivity contribution in [2.75, 3.05) is 5.32 Å². The number of amides is 1. The van der Waals surface area contributed by atoms with Gasteiger partial charge in [-0.2, -0.15) is 0 Å². The fraction of sp³-hybridized carbons (Fsp3) is 0.176. The van der Waals surface area contributed by atoms with Crippen LogP contribution in [-0.2, 0) is 4.79 Å². The molecule has 1 aromatic heterocycles. The maximum Gasteiger partial charge on any atom is 0.227 e. The van der Waals surface area contributed by atoms with Crippen LogP contribution in [0.4, 0.5) is 5.69 Å². The van der Waals surface area contributed by atoms with Crippen LogP contribution in [0.1, 0.15) is 24.0 Å². The number of aliphatic hydroxyl groups is 1. The van der Waals surface area contributed by atoms with E-state index in [1.165, 1.54) is 0 Å². The average Bonchev–Trinajstić information content (AvgIpc) is 2.87. The monoisotopic (exact) mass is 330 g/mol. The fourth-order valence-electron chi connectivity index (χ4n) is 2.31. The minimum absolute atomic E-state index is 0.0441. The molecule has 0 spiro atoms. The van der Waals surface area contributed by atoms with Crippen LogP contribution in [0, 0.1) is 6.92 Å². The van der Waals surface area contributed by atoms with Crippen molar-refractivity contribution in [3.05, 3.63) is 58.9 Å². The molecule has 0 bridgehead atoms. The second kappa shape index (κ2) is 6.40. The molecule has 6 heteroatoms. The molecule has 1 amide bonds. The van der Waals surface area contributed by atoms with Crippen molar-refractivity contribution >= 4 is 34.3 Å². The first-order valence-corrected chi connectivity index (χ1v) is 7.49. The second-order valence-corrected chi connectivity index (χ2v) is 5.67. The quantitative estimate of drug-likeness (QED) is 0.761. The molecule has 1 unspecified atom stereocenters. The fourth-order valence-corrected chi connectivity index (χ4v) is 2.44. The summed E-state index contributed by atoms with van der Waals surface area (Å²) in [5.74, 6) is 0.286. The molecule has 0 aliphatic rings. The number of nitrogens with zero attached hydrogens (tertiary/aromatic N) is 1. The molecule has 1 atom stereocenters. The number of rotatable bonds is 4. The van der Waals surface area contributed by atoms with Gasteiger partial charge in [-0.25, -0.2) is 4.98 Å². The highest BCUT2D eigenvalue weighted by molar-refractivity contribution is 6.30. The minimum atomic E-state index is -0.884. The topological polar surface area (TPSA) is 75.4 Å². The highest BCUT2D eigenvalue weighted by Gasteiger charge is 2.14. The first-order valence-electron chi connectivity index (χ1n) is 7.12. The SMILES string of the molecule is Cc1nc2cc(NC(=O)CC(O)c3ccc(Cl)cc3)ccc2o1. The van der Waals surface area contributed by atoms with Gasteiger partial charge < -0.3 is 14.8 Å². The number of hydrogen-bond acceptors (Lipinski definition) is 4. The maximum absolute atomic E-state index is 12.1. The van der Waals surface area contributed by atoms with Crippen molar-refractivity contribution in [1.29, 1.82) is 0 Å². The lowest BCUT2D eigenvalue weighted by Gasteiger charge is -2.11. The number of hydrogen-bond donors (Lipinski definition) is 2. The Morgan fingerprint density at radius 3 is 2.78 bits per heavy atom. The Hall–Kier alpha value is -2.37.